The molecule has 2 aliphatic heterocycles. The highest BCUT2D eigenvalue weighted by molar-refractivity contribution is 5.79. The number of halogens is 3. The van der Waals surface area contributed by atoms with Gasteiger partial charge in [-0.2, -0.15) is 13.2 Å². The first-order valence-corrected chi connectivity index (χ1v) is 8.14. The van der Waals surface area contributed by atoms with Crippen LogP contribution in [0.15, 0.2) is 24.3 Å². The van der Waals surface area contributed by atoms with Crippen LogP contribution >= 0.6 is 0 Å². The Morgan fingerprint density at radius 1 is 1.21 bits per heavy atom. The average Bonchev–Trinajstić information content (AvgIpc) is 3.09. The highest BCUT2D eigenvalue weighted by Crippen LogP contribution is 2.32. The van der Waals surface area contributed by atoms with Gasteiger partial charge in [-0.25, -0.2) is 0 Å². The molecule has 3 rings (SSSR count). The molecule has 2 fully saturated rings. The molecule has 0 bridgehead atoms. The highest BCUT2D eigenvalue weighted by atomic mass is 19.4. The zero-order chi connectivity index (χ0) is 17.2. The van der Waals surface area contributed by atoms with E-state index in [9.17, 15) is 18.0 Å². The fourth-order valence-corrected chi connectivity index (χ4v) is 3.12. The molecule has 0 spiro atoms. The van der Waals surface area contributed by atoms with Crippen LogP contribution in [-0.4, -0.2) is 43.2 Å². The maximum Gasteiger partial charge on any atom is 0.416 e. The standard InChI is InChI=1S/C17H20F3NO3/c18-17(19,20)13-2-1-3-15(10-13)24-14-4-7-21(8-5-14)16(22)12-6-9-23-11-12/h1-3,10,12,14H,4-9,11H2/t12-/m0/s1. The maximum absolute atomic E-state index is 12.7. The number of hydrogen-bond acceptors (Lipinski definition) is 3. The van der Waals surface area contributed by atoms with Gasteiger partial charge in [0.2, 0.25) is 5.91 Å². The second kappa shape index (κ2) is 7.01. The summed E-state index contributed by atoms with van der Waals surface area (Å²) in [7, 11) is 0. The molecule has 1 amide bonds. The number of ether oxygens (including phenoxy) is 2. The highest BCUT2D eigenvalue weighted by Gasteiger charge is 2.32. The number of alkyl halides is 3. The van der Waals surface area contributed by atoms with Crippen LogP contribution in [-0.2, 0) is 15.7 Å². The van der Waals surface area contributed by atoms with Crippen molar-refractivity contribution < 1.29 is 27.4 Å². The molecule has 2 saturated heterocycles. The summed E-state index contributed by atoms with van der Waals surface area (Å²) in [6.07, 6.45) is -2.54. The van der Waals surface area contributed by atoms with E-state index in [1.54, 1.807) is 0 Å². The largest absolute Gasteiger partial charge is 0.490 e. The Morgan fingerprint density at radius 3 is 2.58 bits per heavy atom. The molecule has 132 valence electrons. The van der Waals surface area contributed by atoms with Gasteiger partial charge < -0.3 is 14.4 Å². The summed E-state index contributed by atoms with van der Waals surface area (Å²) in [5, 5.41) is 0. The van der Waals surface area contributed by atoms with Gasteiger partial charge in [-0.15, -0.1) is 0 Å². The topological polar surface area (TPSA) is 38.8 Å². The Hall–Kier alpha value is -1.76. The number of carbonyl (C=O) groups excluding carboxylic acids is 1. The molecule has 0 radical (unpaired) electrons. The van der Waals surface area contributed by atoms with Crippen LogP contribution in [0.3, 0.4) is 0 Å². The molecular formula is C17H20F3NO3. The molecule has 2 aliphatic rings. The van der Waals surface area contributed by atoms with Crippen molar-refractivity contribution in [2.75, 3.05) is 26.3 Å². The SMILES string of the molecule is O=C([C@H]1CCOC1)N1CCC(Oc2cccc(C(F)(F)F)c2)CC1. The number of hydrogen-bond donors (Lipinski definition) is 0. The van der Waals surface area contributed by atoms with E-state index in [2.05, 4.69) is 0 Å². The Morgan fingerprint density at radius 2 is 1.96 bits per heavy atom. The summed E-state index contributed by atoms with van der Waals surface area (Å²) >= 11 is 0. The van der Waals surface area contributed by atoms with Gasteiger partial charge in [-0.3, -0.25) is 4.79 Å². The zero-order valence-electron chi connectivity index (χ0n) is 13.2. The summed E-state index contributed by atoms with van der Waals surface area (Å²) in [6.45, 7) is 2.25. The minimum absolute atomic E-state index is 0.0501. The second-order valence-electron chi connectivity index (χ2n) is 6.23. The van der Waals surface area contributed by atoms with Gasteiger partial charge in [0.15, 0.2) is 0 Å². The van der Waals surface area contributed by atoms with E-state index in [0.29, 0.717) is 39.1 Å². The van der Waals surface area contributed by atoms with Crippen molar-refractivity contribution >= 4 is 5.91 Å². The average molecular weight is 343 g/mol. The van der Waals surface area contributed by atoms with Crippen LogP contribution in [0.2, 0.25) is 0 Å². The lowest BCUT2D eigenvalue weighted by molar-refractivity contribution is -0.138. The van der Waals surface area contributed by atoms with Crippen molar-refractivity contribution in [3.05, 3.63) is 29.8 Å². The van der Waals surface area contributed by atoms with Crippen LogP contribution in [0.4, 0.5) is 13.2 Å². The lowest BCUT2D eigenvalue weighted by Gasteiger charge is -2.33. The van der Waals surface area contributed by atoms with Crippen molar-refractivity contribution in [1.82, 2.24) is 4.90 Å². The van der Waals surface area contributed by atoms with Crippen LogP contribution in [0.1, 0.15) is 24.8 Å². The van der Waals surface area contributed by atoms with Crippen molar-refractivity contribution in [3.8, 4) is 5.75 Å². The minimum Gasteiger partial charge on any atom is -0.490 e. The molecule has 0 saturated carbocycles. The van der Waals surface area contributed by atoms with Crippen molar-refractivity contribution in [2.24, 2.45) is 5.92 Å². The first-order valence-electron chi connectivity index (χ1n) is 8.14. The first-order chi connectivity index (χ1) is 11.4. The van der Waals surface area contributed by atoms with Gasteiger partial charge in [-0.1, -0.05) is 6.07 Å². The fourth-order valence-electron chi connectivity index (χ4n) is 3.12. The number of benzene rings is 1. The monoisotopic (exact) mass is 343 g/mol. The Bertz CT molecular complexity index is 577. The smallest absolute Gasteiger partial charge is 0.416 e. The number of carbonyl (C=O) groups is 1. The van der Waals surface area contributed by atoms with E-state index in [-0.39, 0.29) is 23.7 Å². The molecular weight excluding hydrogens is 323 g/mol. The molecule has 24 heavy (non-hydrogen) atoms. The van der Waals surface area contributed by atoms with E-state index < -0.39 is 11.7 Å². The minimum atomic E-state index is -4.38. The van der Waals surface area contributed by atoms with Crippen LogP contribution < -0.4 is 4.74 Å². The molecule has 0 unspecified atom stereocenters. The molecule has 0 N–H and O–H groups in total. The van der Waals surface area contributed by atoms with E-state index in [1.807, 2.05) is 4.90 Å². The van der Waals surface area contributed by atoms with Gasteiger partial charge in [0.1, 0.15) is 11.9 Å². The maximum atomic E-state index is 12.7. The molecule has 0 aromatic heterocycles. The summed E-state index contributed by atoms with van der Waals surface area (Å²) in [5.74, 6) is 0.287. The van der Waals surface area contributed by atoms with Gasteiger partial charge in [-0.05, 0) is 24.6 Å². The number of likely N-dealkylation sites (tertiary alicyclic amines) is 1. The van der Waals surface area contributed by atoms with Gasteiger partial charge >= 0.3 is 6.18 Å². The van der Waals surface area contributed by atoms with E-state index in [0.717, 1.165) is 18.6 Å². The molecule has 7 heteroatoms. The van der Waals surface area contributed by atoms with Gasteiger partial charge in [0.05, 0.1) is 18.1 Å². The predicted octanol–water partition coefficient (Wildman–Crippen LogP) is 3.11. The Balaban J connectivity index is 1.53. The van der Waals surface area contributed by atoms with Crippen molar-refractivity contribution in [1.29, 1.82) is 0 Å². The predicted molar refractivity (Wildman–Crippen MR) is 80.6 cm³/mol. The molecule has 1 aromatic rings. The Labute approximate surface area is 138 Å². The van der Waals surface area contributed by atoms with E-state index in [4.69, 9.17) is 9.47 Å². The third-order valence-electron chi connectivity index (χ3n) is 4.50. The lowest BCUT2D eigenvalue weighted by Crippen LogP contribution is -2.44. The number of amides is 1. The molecule has 1 aromatic carbocycles. The molecule has 2 heterocycles. The summed E-state index contributed by atoms with van der Waals surface area (Å²) < 4.78 is 49.1. The third kappa shape index (κ3) is 4.01. The Kier molecular flexibility index (Phi) is 4.99. The number of rotatable bonds is 3. The summed E-state index contributed by atoms with van der Waals surface area (Å²) in [4.78, 5) is 14.1. The number of piperidine rings is 1. The summed E-state index contributed by atoms with van der Waals surface area (Å²) in [5.41, 5.74) is -0.714. The molecule has 0 aliphatic carbocycles. The van der Waals surface area contributed by atoms with Crippen LogP contribution in [0, 0.1) is 5.92 Å². The second-order valence-corrected chi connectivity index (χ2v) is 6.23. The zero-order valence-corrected chi connectivity index (χ0v) is 13.2. The van der Waals surface area contributed by atoms with Gasteiger partial charge in [0.25, 0.3) is 0 Å². The van der Waals surface area contributed by atoms with Crippen LogP contribution in [0.5, 0.6) is 5.75 Å². The third-order valence-corrected chi connectivity index (χ3v) is 4.50. The first kappa shape index (κ1) is 17.1. The van der Waals surface area contributed by atoms with Gasteiger partial charge in [0, 0.05) is 32.5 Å². The fraction of sp³-hybridized carbons (Fsp3) is 0.588. The molecule has 1 atom stereocenters. The van der Waals surface area contributed by atoms with E-state index >= 15 is 0 Å². The van der Waals surface area contributed by atoms with Crippen molar-refractivity contribution in [2.45, 2.75) is 31.5 Å². The summed E-state index contributed by atoms with van der Waals surface area (Å²) in [6, 6.07) is 4.92. The molecule has 4 nitrogen and oxygen atoms in total. The van der Waals surface area contributed by atoms with Crippen LogP contribution in [0.25, 0.3) is 0 Å². The number of nitrogens with zero attached hydrogens (tertiary/aromatic N) is 1. The van der Waals surface area contributed by atoms with E-state index in [1.165, 1.54) is 12.1 Å². The normalized spacial score (nSPS) is 22.6. The quantitative estimate of drug-likeness (QED) is 0.846. The van der Waals surface area contributed by atoms with Crippen molar-refractivity contribution in [3.63, 3.8) is 0 Å². The lowest BCUT2D eigenvalue weighted by atomic mass is 10.0.